The van der Waals surface area contributed by atoms with E-state index in [0.29, 0.717) is 31.2 Å². The van der Waals surface area contributed by atoms with E-state index < -0.39 is 49.2 Å². The second-order valence-corrected chi connectivity index (χ2v) is 19.4. The summed E-state index contributed by atoms with van der Waals surface area (Å²) in [5.74, 6) is -0.896. The molecule has 0 fully saturated rings. The average molecular weight is 909 g/mol. The summed E-state index contributed by atoms with van der Waals surface area (Å²) < 4.78 is 65.7. The van der Waals surface area contributed by atoms with Gasteiger partial charge in [0.1, 0.15) is 21.0 Å². The Morgan fingerprint density at radius 3 is 1.78 bits per heavy atom. The molecule has 54 heavy (non-hydrogen) atoms. The number of hydrogen-bond donors (Lipinski definition) is 3. The molecule has 4 aromatic carbocycles. The number of anilines is 2. The number of sulfonamides is 2. The van der Waals surface area contributed by atoms with Crippen LogP contribution in [-0.2, 0) is 42.6 Å². The van der Waals surface area contributed by atoms with Crippen LogP contribution < -0.4 is 15.8 Å². The van der Waals surface area contributed by atoms with Crippen molar-refractivity contribution in [3.05, 3.63) is 116 Å². The first-order valence-electron chi connectivity index (χ1n) is 16.3. The van der Waals surface area contributed by atoms with Crippen LogP contribution in [0.5, 0.6) is 0 Å². The number of amides is 2. The van der Waals surface area contributed by atoms with Gasteiger partial charge in [-0.3, -0.25) is 0 Å². The van der Waals surface area contributed by atoms with Crippen LogP contribution in [0.3, 0.4) is 0 Å². The maximum absolute atomic E-state index is 12.9. The van der Waals surface area contributed by atoms with E-state index in [1.807, 2.05) is 0 Å². The largest absolute Gasteiger partial charge is 0.456 e. The van der Waals surface area contributed by atoms with Crippen molar-refractivity contribution < 1.29 is 40.7 Å². The first-order chi connectivity index (χ1) is 24.9. The second-order valence-electron chi connectivity index (χ2n) is 14.0. The molecule has 288 valence electrons. The monoisotopic (exact) mass is 906 g/mol. The van der Waals surface area contributed by atoms with E-state index in [1.54, 1.807) is 102 Å². The van der Waals surface area contributed by atoms with Gasteiger partial charge >= 0.3 is 18.0 Å². The van der Waals surface area contributed by atoms with Gasteiger partial charge in [0.15, 0.2) is 0 Å². The van der Waals surface area contributed by atoms with E-state index in [-0.39, 0.29) is 34.3 Å². The van der Waals surface area contributed by atoms with E-state index in [0.717, 1.165) is 4.31 Å². The Labute approximate surface area is 332 Å². The van der Waals surface area contributed by atoms with Gasteiger partial charge in [0, 0.05) is 15.5 Å². The van der Waals surface area contributed by atoms with Gasteiger partial charge in [0.25, 0.3) is 10.0 Å². The van der Waals surface area contributed by atoms with Gasteiger partial charge in [-0.1, -0.05) is 56.1 Å². The standard InChI is InChI=1S/C19H19BrN2O5S.C18H21BrN2O4S/c1-19(2,3)27-17(23)13-6-4-12(5-7-13)11-22-18(24)21-15-9-8-14(20)10-16(15)28(22,25)26;1-18(2,3)25-17(22)13-6-4-12(5-7-13)11-21-26(23,24)16-10-14(19)8-9-15(16)20/h4-10H,11H2,1-3H3,(H,21,24);4-10,21H,11,20H2,1-3H3. The van der Waals surface area contributed by atoms with Gasteiger partial charge in [-0.2, -0.15) is 0 Å². The number of hydrogen-bond acceptors (Lipinski definition) is 10. The summed E-state index contributed by atoms with van der Waals surface area (Å²) in [7, 11) is -7.76. The molecule has 2 amide bonds. The van der Waals surface area contributed by atoms with Crippen molar-refractivity contribution in [1.82, 2.24) is 9.03 Å². The molecular weight excluding hydrogens is 868 g/mol. The minimum Gasteiger partial charge on any atom is -0.456 e. The summed E-state index contributed by atoms with van der Waals surface area (Å²) in [6.45, 7) is 10.6. The maximum atomic E-state index is 12.9. The molecule has 1 heterocycles. The number of fused-ring (bicyclic) bond motifs is 1. The fourth-order valence-corrected chi connectivity index (χ4v) is 8.41. The Morgan fingerprint density at radius 2 is 1.26 bits per heavy atom. The van der Waals surface area contributed by atoms with Gasteiger partial charge in [0.2, 0.25) is 10.0 Å². The van der Waals surface area contributed by atoms with Crippen molar-refractivity contribution in [3.63, 3.8) is 0 Å². The highest BCUT2D eigenvalue weighted by Gasteiger charge is 2.37. The number of carbonyl (C=O) groups excluding carboxylic acids is 3. The maximum Gasteiger partial charge on any atom is 0.338 e. The van der Waals surface area contributed by atoms with Crippen LogP contribution in [0.25, 0.3) is 0 Å². The molecule has 1 aliphatic heterocycles. The van der Waals surface area contributed by atoms with Gasteiger partial charge in [0.05, 0.1) is 29.0 Å². The van der Waals surface area contributed by atoms with Crippen LogP contribution in [0.2, 0.25) is 0 Å². The number of esters is 2. The van der Waals surface area contributed by atoms with Gasteiger partial charge in [-0.15, -0.1) is 0 Å². The average Bonchev–Trinajstić information content (AvgIpc) is 3.06. The van der Waals surface area contributed by atoms with E-state index in [2.05, 4.69) is 41.9 Å². The zero-order chi connectivity index (χ0) is 40.2. The molecule has 0 saturated carbocycles. The molecule has 0 radical (unpaired) electrons. The Hall–Kier alpha value is -4.29. The topological polar surface area (TPSA) is 191 Å². The van der Waals surface area contributed by atoms with Crippen LogP contribution in [0.15, 0.2) is 104 Å². The number of urea groups is 1. The summed E-state index contributed by atoms with van der Waals surface area (Å²) in [6, 6.07) is 21.4. The summed E-state index contributed by atoms with van der Waals surface area (Å²) in [5, 5.41) is 2.58. The molecule has 0 aromatic heterocycles. The van der Waals surface area contributed by atoms with E-state index in [1.165, 1.54) is 24.3 Å². The summed E-state index contributed by atoms with van der Waals surface area (Å²) in [4.78, 5) is 36.5. The quantitative estimate of drug-likeness (QED) is 0.117. The van der Waals surface area contributed by atoms with Crippen LogP contribution in [-0.4, -0.2) is 50.3 Å². The number of ether oxygens (including phenoxy) is 2. The lowest BCUT2D eigenvalue weighted by Crippen LogP contribution is -2.43. The molecule has 5 rings (SSSR count). The summed E-state index contributed by atoms with van der Waals surface area (Å²) >= 11 is 6.48. The minimum atomic E-state index is -4.00. The number of nitrogen functional groups attached to an aromatic ring is 1. The van der Waals surface area contributed by atoms with Gasteiger partial charge < -0.3 is 20.5 Å². The zero-order valence-electron chi connectivity index (χ0n) is 30.3. The fourth-order valence-electron chi connectivity index (χ4n) is 4.72. The molecule has 0 aliphatic carbocycles. The summed E-state index contributed by atoms with van der Waals surface area (Å²) in [5.41, 5.74) is 6.99. The molecule has 0 unspecified atom stereocenters. The predicted octanol–water partition coefficient (Wildman–Crippen LogP) is 7.61. The highest BCUT2D eigenvalue weighted by atomic mass is 79.9. The molecule has 17 heteroatoms. The van der Waals surface area contributed by atoms with Gasteiger partial charge in [-0.25, -0.2) is 40.2 Å². The zero-order valence-corrected chi connectivity index (χ0v) is 35.1. The molecule has 0 saturated heterocycles. The van der Waals surface area contributed by atoms with Crippen molar-refractivity contribution in [1.29, 1.82) is 0 Å². The van der Waals surface area contributed by atoms with Crippen molar-refractivity contribution >= 4 is 81.3 Å². The molecule has 4 N–H and O–H groups in total. The van der Waals surface area contributed by atoms with Gasteiger partial charge in [-0.05, 0) is 113 Å². The third kappa shape index (κ3) is 11.4. The molecule has 1 aliphatic rings. The Bertz CT molecular complexity index is 2270. The summed E-state index contributed by atoms with van der Waals surface area (Å²) in [6.07, 6.45) is 0. The Morgan fingerprint density at radius 1 is 0.778 bits per heavy atom. The number of nitrogens with two attached hydrogens (primary N) is 1. The van der Waals surface area contributed by atoms with Crippen LogP contribution >= 0.6 is 31.9 Å². The first-order valence-corrected chi connectivity index (χ1v) is 20.8. The lowest BCUT2D eigenvalue weighted by molar-refractivity contribution is 0.00570. The third-order valence-corrected chi connectivity index (χ3v) is 11.4. The lowest BCUT2D eigenvalue weighted by atomic mass is 10.1. The number of benzene rings is 4. The Balaban J connectivity index is 0.000000241. The number of nitrogens with zero attached hydrogens (tertiary/aromatic N) is 1. The molecule has 0 spiro atoms. The van der Waals surface area contributed by atoms with Crippen molar-refractivity contribution in [2.75, 3.05) is 11.1 Å². The molecule has 13 nitrogen and oxygen atoms in total. The third-order valence-electron chi connectivity index (χ3n) is 7.21. The van der Waals surface area contributed by atoms with Crippen LogP contribution in [0.4, 0.5) is 16.2 Å². The highest BCUT2D eigenvalue weighted by molar-refractivity contribution is 9.10. The van der Waals surface area contributed by atoms with Crippen molar-refractivity contribution in [3.8, 4) is 0 Å². The second kappa shape index (κ2) is 16.6. The molecular formula is C37H40Br2N4O9S2. The molecule has 4 aromatic rings. The lowest BCUT2D eigenvalue weighted by Gasteiger charge is -2.29. The normalized spacial score (nSPS) is 13.9. The SMILES string of the molecule is CC(C)(C)OC(=O)c1ccc(CN2C(=O)Nc3ccc(Br)cc3S2(=O)=O)cc1.CC(C)(C)OC(=O)c1ccc(CNS(=O)(=O)c2cc(Br)ccc2N)cc1. The first kappa shape index (κ1) is 42.5. The fraction of sp³-hybridized carbons (Fsp3) is 0.270. The number of halogens is 2. The van der Waals surface area contributed by atoms with E-state index >= 15 is 0 Å². The van der Waals surface area contributed by atoms with Crippen molar-refractivity contribution in [2.24, 2.45) is 0 Å². The highest BCUT2D eigenvalue weighted by Crippen LogP contribution is 2.33. The molecule has 0 atom stereocenters. The van der Waals surface area contributed by atoms with E-state index in [4.69, 9.17) is 15.2 Å². The van der Waals surface area contributed by atoms with Crippen molar-refractivity contribution in [2.45, 2.75) is 75.6 Å². The van der Waals surface area contributed by atoms with Crippen LogP contribution in [0, 0.1) is 0 Å². The van der Waals surface area contributed by atoms with E-state index in [9.17, 15) is 31.2 Å². The smallest absolute Gasteiger partial charge is 0.338 e. The Kier molecular flexibility index (Phi) is 13.1. The minimum absolute atomic E-state index is 0.0113. The molecule has 0 bridgehead atoms. The number of rotatable bonds is 8. The number of carbonyl (C=O) groups is 3. The van der Waals surface area contributed by atoms with Crippen LogP contribution in [0.1, 0.15) is 73.4 Å². The number of nitrogens with one attached hydrogen (secondary N) is 2. The predicted molar refractivity (Wildman–Crippen MR) is 212 cm³/mol.